The summed E-state index contributed by atoms with van der Waals surface area (Å²) in [7, 11) is 0. The van der Waals surface area contributed by atoms with Crippen LogP contribution in [0.3, 0.4) is 0 Å². The summed E-state index contributed by atoms with van der Waals surface area (Å²) in [5.41, 5.74) is 0. The number of nitrogens with zero attached hydrogens (tertiary/aromatic N) is 1. The van der Waals surface area contributed by atoms with Crippen molar-refractivity contribution >= 4 is 11.9 Å². The van der Waals surface area contributed by atoms with Gasteiger partial charge in [0.1, 0.15) is 0 Å². The van der Waals surface area contributed by atoms with Gasteiger partial charge in [-0.3, -0.25) is 9.59 Å². The third kappa shape index (κ3) is 2.93. The van der Waals surface area contributed by atoms with Gasteiger partial charge >= 0.3 is 5.97 Å². The first-order valence-electron chi connectivity index (χ1n) is 7.70. The Bertz CT molecular complexity index is 372. The molecule has 0 heterocycles. The SMILES string of the molecule is O=C(O)C1CC1C(=O)N(CC1CC1)C1CCCCC1. The minimum atomic E-state index is -0.798. The van der Waals surface area contributed by atoms with Gasteiger partial charge in [0.15, 0.2) is 0 Å². The van der Waals surface area contributed by atoms with E-state index in [1.165, 1.54) is 32.1 Å². The van der Waals surface area contributed by atoms with Gasteiger partial charge in [-0.05, 0) is 38.0 Å². The molecular weight excluding hydrogens is 242 g/mol. The Balaban J connectivity index is 1.64. The van der Waals surface area contributed by atoms with Gasteiger partial charge < -0.3 is 10.0 Å². The molecule has 1 amide bonds. The molecular formula is C15H23NO3. The Kier molecular flexibility index (Phi) is 3.50. The third-order valence-corrected chi connectivity index (χ3v) is 4.88. The van der Waals surface area contributed by atoms with Crippen LogP contribution >= 0.6 is 0 Å². The molecule has 3 rings (SSSR count). The van der Waals surface area contributed by atoms with Crippen molar-refractivity contribution in [2.45, 2.75) is 57.4 Å². The number of carbonyl (C=O) groups excluding carboxylic acids is 1. The number of hydrogen-bond donors (Lipinski definition) is 1. The van der Waals surface area contributed by atoms with Crippen LogP contribution in [-0.2, 0) is 9.59 Å². The first-order chi connectivity index (χ1) is 9.16. The average molecular weight is 265 g/mol. The molecule has 19 heavy (non-hydrogen) atoms. The summed E-state index contributed by atoms with van der Waals surface area (Å²) in [5.74, 6) is -0.608. The maximum Gasteiger partial charge on any atom is 0.307 e. The van der Waals surface area contributed by atoms with Crippen LogP contribution in [0.2, 0.25) is 0 Å². The molecule has 3 saturated carbocycles. The van der Waals surface area contributed by atoms with E-state index in [2.05, 4.69) is 4.90 Å². The molecule has 4 nitrogen and oxygen atoms in total. The quantitative estimate of drug-likeness (QED) is 0.829. The zero-order valence-corrected chi connectivity index (χ0v) is 11.4. The van der Waals surface area contributed by atoms with Crippen LogP contribution in [-0.4, -0.2) is 34.5 Å². The molecule has 3 aliphatic rings. The van der Waals surface area contributed by atoms with Crippen molar-refractivity contribution < 1.29 is 14.7 Å². The zero-order chi connectivity index (χ0) is 13.4. The molecule has 0 radical (unpaired) electrons. The van der Waals surface area contributed by atoms with E-state index in [0.717, 1.165) is 19.4 Å². The smallest absolute Gasteiger partial charge is 0.307 e. The minimum absolute atomic E-state index is 0.131. The predicted molar refractivity (Wildman–Crippen MR) is 70.5 cm³/mol. The van der Waals surface area contributed by atoms with Crippen molar-refractivity contribution in [2.75, 3.05) is 6.54 Å². The normalized spacial score (nSPS) is 30.9. The molecule has 106 valence electrons. The van der Waals surface area contributed by atoms with Crippen LogP contribution in [0, 0.1) is 17.8 Å². The monoisotopic (exact) mass is 265 g/mol. The van der Waals surface area contributed by atoms with Crippen LogP contribution in [0.1, 0.15) is 51.4 Å². The van der Waals surface area contributed by atoms with E-state index >= 15 is 0 Å². The van der Waals surface area contributed by atoms with Crippen LogP contribution < -0.4 is 0 Å². The molecule has 0 aromatic carbocycles. The van der Waals surface area contributed by atoms with Gasteiger partial charge in [0, 0.05) is 12.6 Å². The lowest BCUT2D eigenvalue weighted by Gasteiger charge is -2.35. The molecule has 0 bridgehead atoms. The van der Waals surface area contributed by atoms with Crippen LogP contribution in [0.4, 0.5) is 0 Å². The molecule has 0 aromatic rings. The molecule has 0 spiro atoms. The third-order valence-electron chi connectivity index (χ3n) is 4.88. The van der Waals surface area contributed by atoms with Crippen molar-refractivity contribution in [2.24, 2.45) is 17.8 Å². The zero-order valence-electron chi connectivity index (χ0n) is 11.4. The maximum absolute atomic E-state index is 12.5. The number of carboxylic acid groups (broad SMARTS) is 1. The lowest BCUT2D eigenvalue weighted by atomic mass is 9.93. The molecule has 0 aromatic heterocycles. The molecule has 3 aliphatic carbocycles. The first kappa shape index (κ1) is 12.9. The lowest BCUT2D eigenvalue weighted by molar-refractivity contribution is -0.143. The molecule has 0 aliphatic heterocycles. The molecule has 0 saturated heterocycles. The fraction of sp³-hybridized carbons (Fsp3) is 0.867. The summed E-state index contributed by atoms with van der Waals surface area (Å²) < 4.78 is 0. The largest absolute Gasteiger partial charge is 0.481 e. The van der Waals surface area contributed by atoms with E-state index in [-0.39, 0.29) is 11.8 Å². The maximum atomic E-state index is 12.5. The van der Waals surface area contributed by atoms with Crippen molar-refractivity contribution in [3.63, 3.8) is 0 Å². The molecule has 4 heteroatoms. The average Bonchev–Trinajstić information content (AvgIpc) is 3.28. The van der Waals surface area contributed by atoms with Crippen molar-refractivity contribution in [3.8, 4) is 0 Å². The molecule has 1 N–H and O–H groups in total. The lowest BCUT2D eigenvalue weighted by Crippen LogP contribution is -2.44. The van der Waals surface area contributed by atoms with E-state index in [0.29, 0.717) is 18.4 Å². The summed E-state index contributed by atoms with van der Waals surface area (Å²) in [6.45, 7) is 0.881. The second-order valence-corrected chi connectivity index (χ2v) is 6.51. The van der Waals surface area contributed by atoms with Crippen LogP contribution in [0.15, 0.2) is 0 Å². The van der Waals surface area contributed by atoms with Gasteiger partial charge in [0.2, 0.25) is 5.91 Å². The number of amides is 1. The van der Waals surface area contributed by atoms with Crippen molar-refractivity contribution in [1.29, 1.82) is 0 Å². The standard InChI is InChI=1S/C15H23NO3/c17-14(12-8-13(12)15(18)19)16(9-10-6-7-10)11-4-2-1-3-5-11/h10-13H,1-9H2,(H,18,19). The van der Waals surface area contributed by atoms with E-state index in [4.69, 9.17) is 5.11 Å². The fourth-order valence-corrected chi connectivity index (χ4v) is 3.34. The molecule has 3 fully saturated rings. The van der Waals surface area contributed by atoms with Crippen molar-refractivity contribution in [3.05, 3.63) is 0 Å². The van der Waals surface area contributed by atoms with E-state index in [1.54, 1.807) is 0 Å². The number of rotatable bonds is 5. The van der Waals surface area contributed by atoms with Crippen molar-refractivity contribution in [1.82, 2.24) is 4.90 Å². The van der Waals surface area contributed by atoms with Gasteiger partial charge in [-0.25, -0.2) is 0 Å². The van der Waals surface area contributed by atoms with Gasteiger partial charge in [-0.2, -0.15) is 0 Å². The second-order valence-electron chi connectivity index (χ2n) is 6.51. The Morgan fingerprint density at radius 1 is 1.00 bits per heavy atom. The predicted octanol–water partition coefficient (Wildman–Crippen LogP) is 2.28. The highest BCUT2D eigenvalue weighted by Gasteiger charge is 2.51. The summed E-state index contributed by atoms with van der Waals surface area (Å²) in [6, 6.07) is 0.386. The van der Waals surface area contributed by atoms with E-state index in [9.17, 15) is 9.59 Å². The highest BCUT2D eigenvalue weighted by molar-refractivity contribution is 5.89. The minimum Gasteiger partial charge on any atom is -0.481 e. The number of carboxylic acids is 1. The molecule has 2 unspecified atom stereocenters. The van der Waals surface area contributed by atoms with E-state index < -0.39 is 11.9 Å². The van der Waals surface area contributed by atoms with Gasteiger partial charge in [0.25, 0.3) is 0 Å². The number of carbonyl (C=O) groups is 2. The highest BCUT2D eigenvalue weighted by atomic mass is 16.4. The van der Waals surface area contributed by atoms with Crippen LogP contribution in [0.5, 0.6) is 0 Å². The summed E-state index contributed by atoms with van der Waals surface area (Å²) >= 11 is 0. The second kappa shape index (κ2) is 5.14. The molecule has 2 atom stereocenters. The summed E-state index contributed by atoms with van der Waals surface area (Å²) in [5, 5.41) is 8.99. The van der Waals surface area contributed by atoms with E-state index in [1.807, 2.05) is 0 Å². The van der Waals surface area contributed by atoms with Crippen LogP contribution in [0.25, 0.3) is 0 Å². The Hall–Kier alpha value is -1.06. The van der Waals surface area contributed by atoms with Gasteiger partial charge in [-0.15, -0.1) is 0 Å². The Morgan fingerprint density at radius 2 is 1.68 bits per heavy atom. The number of hydrogen-bond acceptors (Lipinski definition) is 2. The topological polar surface area (TPSA) is 57.6 Å². The Labute approximate surface area is 114 Å². The van der Waals surface area contributed by atoms with Gasteiger partial charge in [0.05, 0.1) is 11.8 Å². The Morgan fingerprint density at radius 3 is 2.21 bits per heavy atom. The first-order valence-corrected chi connectivity index (χ1v) is 7.70. The fourth-order valence-electron chi connectivity index (χ4n) is 3.34. The summed E-state index contributed by atoms with van der Waals surface area (Å²) in [6.07, 6.45) is 8.97. The highest BCUT2D eigenvalue weighted by Crippen LogP contribution is 2.42. The van der Waals surface area contributed by atoms with Gasteiger partial charge in [-0.1, -0.05) is 19.3 Å². The summed E-state index contributed by atoms with van der Waals surface area (Å²) in [4.78, 5) is 25.5. The number of aliphatic carboxylic acids is 1.